The Morgan fingerprint density at radius 3 is 2.64 bits per heavy atom. The molecule has 1 atom stereocenters. The number of aromatic nitrogens is 1. The van der Waals surface area contributed by atoms with E-state index in [0.717, 1.165) is 16.8 Å². The molecule has 0 spiro atoms. The summed E-state index contributed by atoms with van der Waals surface area (Å²) >= 11 is 0. The molecule has 0 aliphatic carbocycles. The minimum atomic E-state index is -0.951. The van der Waals surface area contributed by atoms with Gasteiger partial charge >= 0.3 is 0 Å². The van der Waals surface area contributed by atoms with Crippen LogP contribution in [0.15, 0.2) is 34.9 Å². The standard InChI is InChI=1S/C17H20N2O3/c1-11-13(9-19-10-17(2,3)15(20)16(19)21)14(18-22-11)12-7-5-4-6-8-12/h4-8,15,20H,9-10H2,1-3H3. The van der Waals surface area contributed by atoms with Gasteiger partial charge in [0.25, 0.3) is 5.91 Å². The SMILES string of the molecule is Cc1onc(-c2ccccc2)c1CN1CC(C)(C)C(O)C1=O. The van der Waals surface area contributed by atoms with Gasteiger partial charge in [-0.05, 0) is 6.92 Å². The predicted molar refractivity (Wildman–Crippen MR) is 81.9 cm³/mol. The number of likely N-dealkylation sites (tertiary alicyclic amines) is 1. The van der Waals surface area contributed by atoms with Crippen LogP contribution < -0.4 is 0 Å². The van der Waals surface area contributed by atoms with Crippen LogP contribution in [-0.2, 0) is 11.3 Å². The Morgan fingerprint density at radius 1 is 1.36 bits per heavy atom. The van der Waals surface area contributed by atoms with Crippen molar-refractivity contribution in [1.29, 1.82) is 0 Å². The monoisotopic (exact) mass is 300 g/mol. The first kappa shape index (κ1) is 14.8. The van der Waals surface area contributed by atoms with Crippen LogP contribution in [-0.4, -0.2) is 33.7 Å². The molecule has 1 aliphatic rings. The molecule has 1 amide bonds. The lowest BCUT2D eigenvalue weighted by atomic mass is 9.90. The molecule has 0 radical (unpaired) electrons. The smallest absolute Gasteiger partial charge is 0.252 e. The molecule has 0 saturated carbocycles. The van der Waals surface area contributed by atoms with Crippen LogP contribution in [0.2, 0.25) is 0 Å². The predicted octanol–water partition coefficient (Wildman–Crippen LogP) is 2.38. The Morgan fingerprint density at radius 2 is 2.05 bits per heavy atom. The Hall–Kier alpha value is -2.14. The topological polar surface area (TPSA) is 66.6 Å². The number of hydrogen-bond acceptors (Lipinski definition) is 4. The molecular formula is C17H20N2O3. The van der Waals surface area contributed by atoms with Gasteiger partial charge in [0.1, 0.15) is 17.6 Å². The summed E-state index contributed by atoms with van der Waals surface area (Å²) in [7, 11) is 0. The van der Waals surface area contributed by atoms with Gasteiger partial charge in [-0.2, -0.15) is 0 Å². The second-order valence-electron chi connectivity index (χ2n) is 6.52. The highest BCUT2D eigenvalue weighted by Crippen LogP contribution is 2.34. The Labute approximate surface area is 129 Å². The van der Waals surface area contributed by atoms with Crippen molar-refractivity contribution in [3.05, 3.63) is 41.7 Å². The second kappa shape index (κ2) is 5.25. The van der Waals surface area contributed by atoms with Gasteiger partial charge in [0.15, 0.2) is 0 Å². The van der Waals surface area contributed by atoms with Gasteiger partial charge in [-0.25, -0.2) is 0 Å². The number of carbonyl (C=O) groups is 1. The van der Waals surface area contributed by atoms with Crippen molar-refractivity contribution in [3.8, 4) is 11.3 Å². The largest absolute Gasteiger partial charge is 0.383 e. The third-order valence-electron chi connectivity index (χ3n) is 4.27. The Kier molecular flexibility index (Phi) is 3.53. The van der Waals surface area contributed by atoms with Gasteiger partial charge in [0.05, 0.1) is 6.54 Å². The molecule has 1 aromatic carbocycles. The van der Waals surface area contributed by atoms with Crippen LogP contribution in [0.1, 0.15) is 25.2 Å². The van der Waals surface area contributed by atoms with Crippen molar-refractivity contribution in [2.45, 2.75) is 33.4 Å². The molecule has 1 aliphatic heterocycles. The maximum Gasteiger partial charge on any atom is 0.252 e. The molecule has 1 N–H and O–H groups in total. The molecule has 22 heavy (non-hydrogen) atoms. The number of carbonyl (C=O) groups excluding carboxylic acids is 1. The minimum Gasteiger partial charge on any atom is -0.383 e. The van der Waals surface area contributed by atoms with Crippen LogP contribution in [0.5, 0.6) is 0 Å². The molecule has 2 heterocycles. The molecule has 5 heteroatoms. The van der Waals surface area contributed by atoms with Gasteiger partial charge in [-0.3, -0.25) is 4.79 Å². The van der Waals surface area contributed by atoms with E-state index >= 15 is 0 Å². The summed E-state index contributed by atoms with van der Waals surface area (Å²) in [6.45, 7) is 6.56. The number of rotatable bonds is 3. The fourth-order valence-corrected chi connectivity index (χ4v) is 2.89. The quantitative estimate of drug-likeness (QED) is 0.945. The Balaban J connectivity index is 1.91. The molecule has 1 saturated heterocycles. The van der Waals surface area contributed by atoms with Crippen molar-refractivity contribution in [1.82, 2.24) is 10.1 Å². The molecule has 2 aromatic rings. The minimum absolute atomic E-state index is 0.232. The third kappa shape index (κ3) is 2.41. The van der Waals surface area contributed by atoms with E-state index in [4.69, 9.17) is 4.52 Å². The van der Waals surface area contributed by atoms with Crippen molar-refractivity contribution in [2.75, 3.05) is 6.54 Å². The molecule has 5 nitrogen and oxygen atoms in total. The number of aliphatic hydroxyl groups excluding tert-OH is 1. The highest BCUT2D eigenvalue weighted by atomic mass is 16.5. The van der Waals surface area contributed by atoms with Crippen LogP contribution in [0.25, 0.3) is 11.3 Å². The van der Waals surface area contributed by atoms with E-state index in [1.54, 1.807) is 4.90 Å². The molecule has 116 valence electrons. The summed E-state index contributed by atoms with van der Waals surface area (Å²) in [6, 6.07) is 9.75. The lowest BCUT2D eigenvalue weighted by molar-refractivity contribution is -0.136. The van der Waals surface area contributed by atoms with E-state index in [9.17, 15) is 9.90 Å². The average molecular weight is 300 g/mol. The summed E-state index contributed by atoms with van der Waals surface area (Å²) in [5.74, 6) is 0.468. The lowest BCUT2D eigenvalue weighted by Gasteiger charge is -2.20. The number of aliphatic hydroxyl groups is 1. The van der Waals surface area contributed by atoms with Gasteiger partial charge in [0, 0.05) is 23.1 Å². The molecule has 3 rings (SSSR count). The van der Waals surface area contributed by atoms with E-state index in [-0.39, 0.29) is 5.91 Å². The fraction of sp³-hybridized carbons (Fsp3) is 0.412. The zero-order valence-electron chi connectivity index (χ0n) is 13.0. The number of nitrogens with zero attached hydrogens (tertiary/aromatic N) is 2. The second-order valence-corrected chi connectivity index (χ2v) is 6.52. The molecular weight excluding hydrogens is 280 g/mol. The van der Waals surface area contributed by atoms with Crippen LogP contribution in [0.4, 0.5) is 0 Å². The summed E-state index contributed by atoms with van der Waals surface area (Å²) in [5.41, 5.74) is 2.17. The van der Waals surface area contributed by atoms with E-state index in [1.807, 2.05) is 51.1 Å². The van der Waals surface area contributed by atoms with Crippen molar-refractivity contribution in [2.24, 2.45) is 5.41 Å². The highest BCUT2D eigenvalue weighted by molar-refractivity contribution is 5.84. The van der Waals surface area contributed by atoms with Crippen molar-refractivity contribution >= 4 is 5.91 Å². The summed E-state index contributed by atoms with van der Waals surface area (Å²) in [4.78, 5) is 13.9. The van der Waals surface area contributed by atoms with E-state index < -0.39 is 11.5 Å². The average Bonchev–Trinajstić information content (AvgIpc) is 2.95. The van der Waals surface area contributed by atoms with E-state index in [0.29, 0.717) is 18.8 Å². The summed E-state index contributed by atoms with van der Waals surface area (Å²) < 4.78 is 5.32. The number of benzene rings is 1. The zero-order valence-corrected chi connectivity index (χ0v) is 13.0. The van der Waals surface area contributed by atoms with Crippen molar-refractivity contribution < 1.29 is 14.4 Å². The zero-order chi connectivity index (χ0) is 15.9. The third-order valence-corrected chi connectivity index (χ3v) is 4.27. The first-order chi connectivity index (χ1) is 10.4. The fourth-order valence-electron chi connectivity index (χ4n) is 2.89. The lowest BCUT2D eigenvalue weighted by Crippen LogP contribution is -2.30. The number of hydrogen-bond donors (Lipinski definition) is 1. The van der Waals surface area contributed by atoms with Crippen molar-refractivity contribution in [3.63, 3.8) is 0 Å². The number of amides is 1. The van der Waals surface area contributed by atoms with Crippen LogP contribution >= 0.6 is 0 Å². The van der Waals surface area contributed by atoms with Crippen LogP contribution in [0, 0.1) is 12.3 Å². The van der Waals surface area contributed by atoms with Gasteiger partial charge in [0.2, 0.25) is 0 Å². The molecule has 0 bridgehead atoms. The summed E-state index contributed by atoms with van der Waals surface area (Å²) in [6.07, 6.45) is -0.951. The first-order valence-electron chi connectivity index (χ1n) is 7.37. The molecule has 1 fully saturated rings. The van der Waals surface area contributed by atoms with Gasteiger partial charge in [-0.1, -0.05) is 49.3 Å². The van der Waals surface area contributed by atoms with Gasteiger partial charge < -0.3 is 14.5 Å². The number of aryl methyl sites for hydroxylation is 1. The van der Waals surface area contributed by atoms with E-state index in [1.165, 1.54) is 0 Å². The van der Waals surface area contributed by atoms with E-state index in [2.05, 4.69) is 5.16 Å². The van der Waals surface area contributed by atoms with Gasteiger partial charge in [-0.15, -0.1) is 0 Å². The summed E-state index contributed by atoms with van der Waals surface area (Å²) in [5, 5.41) is 14.2. The molecule has 1 unspecified atom stereocenters. The van der Waals surface area contributed by atoms with Crippen LogP contribution in [0.3, 0.4) is 0 Å². The maximum absolute atomic E-state index is 12.2. The highest BCUT2D eigenvalue weighted by Gasteiger charge is 2.45. The Bertz CT molecular complexity index is 691. The normalized spacial score (nSPS) is 20.6. The maximum atomic E-state index is 12.2. The first-order valence-corrected chi connectivity index (χ1v) is 7.37. The molecule has 1 aromatic heterocycles.